The summed E-state index contributed by atoms with van der Waals surface area (Å²) in [7, 11) is 1.80. The Morgan fingerprint density at radius 1 is 1.00 bits per heavy atom. The third-order valence-corrected chi connectivity index (χ3v) is 5.37. The molecule has 0 radical (unpaired) electrons. The van der Waals surface area contributed by atoms with E-state index in [4.69, 9.17) is 4.74 Å². The lowest BCUT2D eigenvalue weighted by molar-refractivity contribution is -0.162. The molecule has 1 fully saturated rings. The number of aliphatic hydroxyl groups excluding tert-OH is 1. The molecule has 1 aromatic heterocycles. The summed E-state index contributed by atoms with van der Waals surface area (Å²) in [5, 5.41) is 10.3. The maximum absolute atomic E-state index is 10.3. The van der Waals surface area contributed by atoms with Crippen molar-refractivity contribution >= 4 is 11.5 Å². The van der Waals surface area contributed by atoms with Gasteiger partial charge < -0.3 is 19.6 Å². The highest BCUT2D eigenvalue weighted by atomic mass is 16.6. The molecule has 1 unspecified atom stereocenters. The van der Waals surface area contributed by atoms with Crippen LogP contribution in [-0.2, 0) is 4.74 Å². The third-order valence-electron chi connectivity index (χ3n) is 5.37. The highest BCUT2D eigenvalue weighted by Gasteiger charge is 2.21. The van der Waals surface area contributed by atoms with Crippen molar-refractivity contribution in [2.45, 2.75) is 52.7 Å². The molecule has 0 saturated carbocycles. The Labute approximate surface area is 180 Å². The molecule has 3 rings (SSSR count). The van der Waals surface area contributed by atoms with Crippen molar-refractivity contribution in [1.29, 1.82) is 0 Å². The van der Waals surface area contributed by atoms with E-state index < -0.39 is 12.0 Å². The van der Waals surface area contributed by atoms with E-state index in [9.17, 15) is 5.11 Å². The Hall–Kier alpha value is -2.22. The van der Waals surface area contributed by atoms with Crippen LogP contribution in [0.25, 0.3) is 11.3 Å². The molecule has 30 heavy (non-hydrogen) atoms. The zero-order valence-corrected chi connectivity index (χ0v) is 19.0. The van der Waals surface area contributed by atoms with Crippen molar-refractivity contribution in [2.24, 2.45) is 0 Å². The lowest BCUT2D eigenvalue weighted by Crippen LogP contribution is -2.49. The molecule has 1 aliphatic heterocycles. The second-order valence-electron chi connectivity index (χ2n) is 9.09. The van der Waals surface area contributed by atoms with E-state index in [2.05, 4.69) is 33.6 Å². The number of hydrogen-bond acceptors (Lipinski definition) is 7. The van der Waals surface area contributed by atoms with Gasteiger partial charge in [0.15, 0.2) is 0 Å². The van der Waals surface area contributed by atoms with Crippen LogP contribution in [0.4, 0.5) is 11.5 Å². The number of rotatable bonds is 6. The number of aliphatic hydroxyl groups is 1. The number of aromatic nitrogens is 2. The quantitative estimate of drug-likeness (QED) is 0.730. The maximum Gasteiger partial charge on any atom is 0.238 e. The summed E-state index contributed by atoms with van der Waals surface area (Å²) in [5.41, 5.74) is 2.26. The first-order chi connectivity index (χ1) is 14.1. The average molecular weight is 414 g/mol. The van der Waals surface area contributed by atoms with Crippen molar-refractivity contribution < 1.29 is 9.84 Å². The Morgan fingerprint density at radius 3 is 2.13 bits per heavy atom. The fraction of sp³-hybridized carbons (Fsp3) is 0.565. The van der Waals surface area contributed by atoms with Crippen LogP contribution in [0.15, 0.2) is 36.7 Å². The molecule has 7 heteroatoms. The monoisotopic (exact) mass is 413 g/mol. The van der Waals surface area contributed by atoms with E-state index in [0.717, 1.165) is 48.9 Å². The van der Waals surface area contributed by atoms with Gasteiger partial charge in [-0.15, -0.1) is 0 Å². The topological polar surface area (TPSA) is 65.0 Å². The van der Waals surface area contributed by atoms with Crippen molar-refractivity contribution in [3.05, 3.63) is 36.7 Å². The first-order valence-electron chi connectivity index (χ1n) is 10.6. The average Bonchev–Trinajstić information content (AvgIpc) is 2.72. The van der Waals surface area contributed by atoms with Crippen LogP contribution in [0.5, 0.6) is 0 Å². The zero-order valence-electron chi connectivity index (χ0n) is 19.0. The molecule has 0 amide bonds. The van der Waals surface area contributed by atoms with Crippen LogP contribution in [0.2, 0.25) is 0 Å². The standard InChI is InChI=1S/C23H35N5O2/c1-17(2)27-11-13-28(14-12-27)21-16-24-20(15-25-21)18-7-9-19(10-8-18)26(6)22(29)30-23(3,4)5/h7-10,15-17,22,29H,11-14H2,1-6H3. The number of nitrogens with zero attached hydrogens (tertiary/aromatic N) is 5. The molecule has 0 spiro atoms. The van der Waals surface area contributed by atoms with Crippen LogP contribution in [0.1, 0.15) is 34.6 Å². The third kappa shape index (κ3) is 5.68. The van der Waals surface area contributed by atoms with Crippen LogP contribution in [-0.4, -0.2) is 71.3 Å². The SMILES string of the molecule is CC(C)N1CCN(c2cnc(-c3ccc(N(C)C(O)OC(C)(C)C)cc3)cn2)CC1. The minimum Gasteiger partial charge on any atom is -0.353 e. The second-order valence-corrected chi connectivity index (χ2v) is 9.09. The summed E-state index contributed by atoms with van der Waals surface area (Å²) in [6, 6.07) is 8.46. The van der Waals surface area contributed by atoms with E-state index in [-0.39, 0.29) is 0 Å². The Kier molecular flexibility index (Phi) is 6.95. The van der Waals surface area contributed by atoms with Gasteiger partial charge in [-0.05, 0) is 46.8 Å². The van der Waals surface area contributed by atoms with Crippen LogP contribution < -0.4 is 9.80 Å². The van der Waals surface area contributed by atoms with Gasteiger partial charge in [0.05, 0.1) is 23.7 Å². The fourth-order valence-corrected chi connectivity index (χ4v) is 3.49. The Morgan fingerprint density at radius 2 is 1.63 bits per heavy atom. The minimum atomic E-state index is -1.01. The number of ether oxygens (including phenoxy) is 1. The van der Waals surface area contributed by atoms with Gasteiger partial charge in [-0.2, -0.15) is 0 Å². The summed E-state index contributed by atoms with van der Waals surface area (Å²) >= 11 is 0. The summed E-state index contributed by atoms with van der Waals surface area (Å²) in [5.74, 6) is 0.931. The van der Waals surface area contributed by atoms with E-state index in [1.54, 1.807) is 11.9 Å². The fourth-order valence-electron chi connectivity index (χ4n) is 3.49. The van der Waals surface area contributed by atoms with Gasteiger partial charge in [-0.25, -0.2) is 4.98 Å². The van der Waals surface area contributed by atoms with Gasteiger partial charge in [0.2, 0.25) is 6.41 Å². The van der Waals surface area contributed by atoms with Gasteiger partial charge >= 0.3 is 0 Å². The van der Waals surface area contributed by atoms with Gasteiger partial charge in [-0.1, -0.05) is 12.1 Å². The first-order valence-corrected chi connectivity index (χ1v) is 10.6. The molecule has 7 nitrogen and oxygen atoms in total. The van der Waals surface area contributed by atoms with E-state index in [1.165, 1.54) is 0 Å². The molecule has 1 saturated heterocycles. The van der Waals surface area contributed by atoms with Gasteiger partial charge in [-0.3, -0.25) is 9.88 Å². The van der Waals surface area contributed by atoms with Gasteiger partial charge in [0.25, 0.3) is 0 Å². The largest absolute Gasteiger partial charge is 0.353 e. The Balaban J connectivity index is 1.63. The summed E-state index contributed by atoms with van der Waals surface area (Å²) in [6.07, 6.45) is 2.69. The van der Waals surface area contributed by atoms with Crippen molar-refractivity contribution in [1.82, 2.24) is 14.9 Å². The molecule has 0 bridgehead atoms. The highest BCUT2D eigenvalue weighted by molar-refractivity contribution is 5.63. The molecular weight excluding hydrogens is 378 g/mol. The maximum atomic E-state index is 10.3. The predicted octanol–water partition coefficient (Wildman–Crippen LogP) is 3.20. The van der Waals surface area contributed by atoms with Gasteiger partial charge in [0, 0.05) is 50.5 Å². The highest BCUT2D eigenvalue weighted by Crippen LogP contribution is 2.24. The summed E-state index contributed by atoms with van der Waals surface area (Å²) < 4.78 is 5.61. The number of anilines is 2. The number of benzene rings is 1. The molecule has 1 aromatic carbocycles. The molecule has 0 aliphatic carbocycles. The lowest BCUT2D eigenvalue weighted by Gasteiger charge is -2.37. The van der Waals surface area contributed by atoms with E-state index in [0.29, 0.717) is 6.04 Å². The number of hydrogen-bond donors (Lipinski definition) is 1. The Bertz CT molecular complexity index is 794. The summed E-state index contributed by atoms with van der Waals surface area (Å²) in [4.78, 5) is 15.8. The molecular formula is C23H35N5O2. The molecule has 164 valence electrons. The van der Waals surface area contributed by atoms with Crippen molar-refractivity contribution in [3.63, 3.8) is 0 Å². The number of piperazine rings is 1. The van der Waals surface area contributed by atoms with Crippen molar-refractivity contribution in [2.75, 3.05) is 43.0 Å². The molecule has 1 aliphatic rings. The summed E-state index contributed by atoms with van der Waals surface area (Å²) in [6.45, 7) is 14.3. The lowest BCUT2D eigenvalue weighted by atomic mass is 10.1. The molecule has 1 N–H and O–H groups in total. The van der Waals surface area contributed by atoms with Crippen molar-refractivity contribution in [3.8, 4) is 11.3 Å². The zero-order chi connectivity index (χ0) is 21.9. The molecule has 1 atom stereocenters. The normalized spacial score (nSPS) is 16.7. The van der Waals surface area contributed by atoms with Crippen LogP contribution in [0.3, 0.4) is 0 Å². The second kappa shape index (κ2) is 9.29. The predicted molar refractivity (Wildman–Crippen MR) is 122 cm³/mol. The van der Waals surface area contributed by atoms with Crippen LogP contribution >= 0.6 is 0 Å². The van der Waals surface area contributed by atoms with E-state index in [1.807, 2.05) is 57.4 Å². The molecule has 2 aromatic rings. The smallest absolute Gasteiger partial charge is 0.238 e. The first kappa shape index (κ1) is 22.5. The van der Waals surface area contributed by atoms with E-state index >= 15 is 0 Å². The van der Waals surface area contributed by atoms with Crippen LogP contribution in [0, 0.1) is 0 Å². The van der Waals surface area contributed by atoms with Gasteiger partial charge in [0.1, 0.15) is 5.82 Å². The minimum absolute atomic E-state index is 0.424. The molecule has 2 heterocycles.